The molecule has 1 saturated heterocycles. The predicted octanol–water partition coefficient (Wildman–Crippen LogP) is 5.89. The van der Waals surface area contributed by atoms with Crippen molar-refractivity contribution in [2.75, 3.05) is 30.4 Å². The highest BCUT2D eigenvalue weighted by atomic mass is 32.2. The molecule has 3 atom stereocenters. The van der Waals surface area contributed by atoms with Gasteiger partial charge in [0.2, 0.25) is 0 Å². The van der Waals surface area contributed by atoms with Crippen molar-refractivity contribution in [3.63, 3.8) is 0 Å². The second kappa shape index (κ2) is 13.3. The van der Waals surface area contributed by atoms with Crippen LogP contribution in [-0.2, 0) is 20.8 Å². The van der Waals surface area contributed by atoms with Crippen LogP contribution in [0.15, 0.2) is 77.7 Å². The van der Waals surface area contributed by atoms with Crippen LogP contribution >= 0.6 is 0 Å². The molecule has 0 aromatic heterocycles. The minimum atomic E-state index is -4.38. The molecule has 1 unspecified atom stereocenters. The molecule has 1 amide bonds. The first-order valence-electron chi connectivity index (χ1n) is 14.9. The average Bonchev–Trinajstić information content (AvgIpc) is 3.87. The Morgan fingerprint density at radius 2 is 1.64 bits per heavy atom. The summed E-state index contributed by atoms with van der Waals surface area (Å²) < 4.78 is 69.6. The summed E-state index contributed by atoms with van der Waals surface area (Å²) in [4.78, 5) is 15.5. The third-order valence-corrected chi connectivity index (χ3v) is 10.2. The van der Waals surface area contributed by atoms with Crippen molar-refractivity contribution in [3.8, 4) is 0 Å². The van der Waals surface area contributed by atoms with Gasteiger partial charge in [-0.2, -0.15) is 13.2 Å². The van der Waals surface area contributed by atoms with Crippen LogP contribution in [0.4, 0.5) is 18.9 Å². The number of hydrogen-bond donors (Lipinski definition) is 2. The van der Waals surface area contributed by atoms with Crippen LogP contribution in [0, 0.1) is 0 Å². The van der Waals surface area contributed by atoms with Crippen molar-refractivity contribution < 1.29 is 36.2 Å². The summed E-state index contributed by atoms with van der Waals surface area (Å²) in [6.07, 6.45) is -0.326. The fourth-order valence-electron chi connectivity index (χ4n) is 5.57. The highest BCUT2D eigenvalue weighted by molar-refractivity contribution is 7.91. The number of aliphatic hydroxyl groups excluding tert-OH is 1. The van der Waals surface area contributed by atoms with E-state index in [4.69, 9.17) is 4.74 Å². The lowest BCUT2D eigenvalue weighted by Gasteiger charge is -2.41. The normalized spacial score (nSPS) is 19.9. The molecule has 0 radical (unpaired) electrons. The Bertz CT molecular complexity index is 1520. The van der Waals surface area contributed by atoms with Crippen LogP contribution in [0.3, 0.4) is 0 Å². The molecule has 0 bridgehead atoms. The zero-order valence-electron chi connectivity index (χ0n) is 24.5. The van der Waals surface area contributed by atoms with Crippen molar-refractivity contribution in [3.05, 3.63) is 95.1 Å². The van der Waals surface area contributed by atoms with Crippen LogP contribution in [0.2, 0.25) is 0 Å². The van der Waals surface area contributed by atoms with Crippen molar-refractivity contribution in [2.45, 2.75) is 67.8 Å². The summed E-state index contributed by atoms with van der Waals surface area (Å²) in [5, 5.41) is 12.8. The van der Waals surface area contributed by atoms with E-state index in [1.165, 1.54) is 12.1 Å². The number of halogens is 3. The second-order valence-corrected chi connectivity index (χ2v) is 13.7. The number of carbonyl (C=O) groups is 1. The number of hydrogen-bond acceptors (Lipinski definition) is 6. The Morgan fingerprint density at radius 1 is 0.977 bits per heavy atom. The summed E-state index contributed by atoms with van der Waals surface area (Å²) in [5.41, 5.74) is 2.04. The first-order valence-corrected chi connectivity index (χ1v) is 16.5. The van der Waals surface area contributed by atoms with E-state index in [0.717, 1.165) is 49.1 Å². The average molecular weight is 631 g/mol. The number of carbonyl (C=O) groups excluding carboxylic acids is 1. The van der Waals surface area contributed by atoms with E-state index in [2.05, 4.69) is 10.2 Å². The molecule has 5 rings (SSSR count). The van der Waals surface area contributed by atoms with E-state index in [1.807, 2.05) is 12.1 Å². The van der Waals surface area contributed by atoms with Crippen molar-refractivity contribution in [1.29, 1.82) is 0 Å². The summed E-state index contributed by atoms with van der Waals surface area (Å²) in [6.45, 7) is 2.36. The number of benzene rings is 3. The van der Waals surface area contributed by atoms with Crippen LogP contribution in [0.1, 0.15) is 71.6 Å². The molecule has 1 aliphatic heterocycles. The fourth-order valence-corrected chi connectivity index (χ4v) is 6.45. The van der Waals surface area contributed by atoms with E-state index in [1.54, 1.807) is 43.3 Å². The van der Waals surface area contributed by atoms with Gasteiger partial charge in [-0.1, -0.05) is 31.2 Å². The monoisotopic (exact) mass is 630 g/mol. The number of rotatable bonds is 11. The molecule has 1 saturated carbocycles. The number of sulfone groups is 1. The number of ether oxygens (including phenoxy) is 1. The maximum atomic E-state index is 13.1. The standard InChI is InChI=1S/C33H37F3N2O5S/c1-2-44(41,42)30-17-8-23(9-18-30)31(20-39)37-32(40)24-5-12-27(13-6-24)38-19-25(7-14-28(38)21-43-29-15-16-29)22-3-10-26(11-4-22)33(34,35)36/h3-6,8-13,17-18,25,28-29,31,39H,2,7,14-16,19-21H2,1H3,(H,37,40)/t25?,28-,31-/m0/s1. The van der Waals surface area contributed by atoms with Crippen LogP contribution in [0.5, 0.6) is 0 Å². The molecule has 11 heteroatoms. The van der Waals surface area contributed by atoms with Gasteiger partial charge in [0.25, 0.3) is 5.91 Å². The Balaban J connectivity index is 1.29. The zero-order valence-corrected chi connectivity index (χ0v) is 25.3. The quantitative estimate of drug-likeness (QED) is 0.274. The number of nitrogens with zero attached hydrogens (tertiary/aromatic N) is 1. The molecule has 1 aliphatic carbocycles. The first kappa shape index (κ1) is 32.0. The van der Waals surface area contributed by atoms with E-state index in [9.17, 15) is 31.5 Å². The van der Waals surface area contributed by atoms with Crippen molar-refractivity contribution in [1.82, 2.24) is 5.32 Å². The van der Waals surface area contributed by atoms with E-state index >= 15 is 0 Å². The van der Waals surface area contributed by atoms with Gasteiger partial charge in [-0.05, 0) is 85.3 Å². The van der Waals surface area contributed by atoms with E-state index in [0.29, 0.717) is 30.4 Å². The van der Waals surface area contributed by atoms with Crippen molar-refractivity contribution in [2.24, 2.45) is 0 Å². The summed E-state index contributed by atoms with van der Waals surface area (Å²) in [6, 6.07) is 18.0. The molecule has 3 aromatic carbocycles. The molecule has 0 spiro atoms. The SMILES string of the molecule is CCS(=O)(=O)c1ccc([C@H](CO)NC(=O)c2ccc(N3CC(c4ccc(C(F)(F)F)cc4)CC[C@H]3COC3CC3)cc2)cc1. The Morgan fingerprint density at radius 3 is 2.20 bits per heavy atom. The highest BCUT2D eigenvalue weighted by Crippen LogP contribution is 2.36. The highest BCUT2D eigenvalue weighted by Gasteiger charge is 2.33. The number of piperidine rings is 1. The third-order valence-electron chi connectivity index (χ3n) is 8.43. The molecule has 3 aromatic rings. The van der Waals surface area contributed by atoms with Gasteiger partial charge in [-0.15, -0.1) is 0 Å². The van der Waals surface area contributed by atoms with Gasteiger partial charge in [0.15, 0.2) is 9.84 Å². The predicted molar refractivity (Wildman–Crippen MR) is 161 cm³/mol. The molecule has 2 fully saturated rings. The smallest absolute Gasteiger partial charge is 0.394 e. The van der Waals surface area contributed by atoms with Gasteiger partial charge in [0.05, 0.1) is 47.6 Å². The van der Waals surface area contributed by atoms with Crippen molar-refractivity contribution >= 4 is 21.4 Å². The van der Waals surface area contributed by atoms with Gasteiger partial charge in [0.1, 0.15) is 0 Å². The molecule has 7 nitrogen and oxygen atoms in total. The topological polar surface area (TPSA) is 95.9 Å². The molecule has 44 heavy (non-hydrogen) atoms. The Labute approximate surface area is 256 Å². The lowest BCUT2D eigenvalue weighted by atomic mass is 9.86. The van der Waals surface area contributed by atoms with E-state index < -0.39 is 33.5 Å². The van der Waals surface area contributed by atoms with Gasteiger partial charge in [-0.3, -0.25) is 4.79 Å². The summed E-state index contributed by atoms with van der Waals surface area (Å²) in [5.74, 6) is -0.374. The third kappa shape index (κ3) is 7.62. The van der Waals surface area contributed by atoms with Gasteiger partial charge >= 0.3 is 6.18 Å². The van der Waals surface area contributed by atoms with E-state index in [-0.39, 0.29) is 29.2 Å². The van der Waals surface area contributed by atoms with Gasteiger partial charge in [-0.25, -0.2) is 8.42 Å². The maximum absolute atomic E-state index is 13.1. The van der Waals surface area contributed by atoms with Crippen LogP contribution < -0.4 is 10.2 Å². The number of anilines is 1. The first-order chi connectivity index (χ1) is 21.0. The lowest BCUT2D eigenvalue weighted by molar-refractivity contribution is -0.137. The fraction of sp³-hybridized carbons (Fsp3) is 0.424. The minimum Gasteiger partial charge on any atom is -0.394 e. The zero-order chi connectivity index (χ0) is 31.5. The van der Waals surface area contributed by atoms with Gasteiger partial charge in [0, 0.05) is 23.7 Å². The van der Waals surface area contributed by atoms with Crippen LogP contribution in [-0.4, -0.2) is 57.1 Å². The van der Waals surface area contributed by atoms with Gasteiger partial charge < -0.3 is 20.1 Å². The second-order valence-electron chi connectivity index (χ2n) is 11.5. The maximum Gasteiger partial charge on any atom is 0.416 e. The summed E-state index contributed by atoms with van der Waals surface area (Å²) >= 11 is 0. The number of alkyl halides is 3. The number of amides is 1. The van der Waals surface area contributed by atoms with Crippen LogP contribution in [0.25, 0.3) is 0 Å². The Kier molecular flexibility index (Phi) is 9.67. The lowest BCUT2D eigenvalue weighted by Crippen LogP contribution is -2.45. The number of aliphatic hydroxyl groups is 1. The minimum absolute atomic E-state index is 0.0239. The molecular formula is C33H37F3N2O5S. The molecule has 236 valence electrons. The molecule has 1 heterocycles. The molecular weight excluding hydrogens is 593 g/mol. The molecule has 2 aliphatic rings. The largest absolute Gasteiger partial charge is 0.416 e. The summed E-state index contributed by atoms with van der Waals surface area (Å²) in [7, 11) is -3.37. The molecule has 2 N–H and O–H groups in total. The number of nitrogens with one attached hydrogen (secondary N) is 1. The Hall–Kier alpha value is -3.41.